The minimum atomic E-state index is -1.51. The summed E-state index contributed by atoms with van der Waals surface area (Å²) in [4.78, 5) is 37.8. The van der Waals surface area contributed by atoms with Gasteiger partial charge in [-0.15, -0.1) is 0 Å². The molecular formula is C86H162NO8+. The SMILES string of the molecule is CCCCCCC/C=C\C/C=C\C/C=C\CCCCCCCCCCCCCCCCCCCCCCCCC(=O)OC(COC(=O)CCCCCCCCCCCCCCCCCCCCCCC/C=C\CCCCCCCCCC)COC(OCC[N+](C)(C)C)C(=O)O. The quantitative estimate of drug-likeness (QED) is 0.0211. The summed E-state index contributed by atoms with van der Waals surface area (Å²) in [5, 5.41) is 9.78. The first-order chi connectivity index (χ1) is 46.6. The lowest BCUT2D eigenvalue weighted by Gasteiger charge is -2.25. The van der Waals surface area contributed by atoms with Crippen LogP contribution in [0.1, 0.15) is 425 Å². The molecule has 9 nitrogen and oxygen atoms in total. The van der Waals surface area contributed by atoms with Crippen LogP contribution in [-0.2, 0) is 33.3 Å². The van der Waals surface area contributed by atoms with E-state index in [0.717, 1.165) is 51.4 Å². The molecule has 558 valence electrons. The average Bonchev–Trinajstić information content (AvgIpc) is 3.75. The molecular weight excluding hydrogens is 1170 g/mol. The Hall–Kier alpha value is -2.75. The molecule has 9 heteroatoms. The van der Waals surface area contributed by atoms with Crippen LogP contribution in [0.4, 0.5) is 0 Å². The van der Waals surface area contributed by atoms with Crippen LogP contribution in [0.25, 0.3) is 0 Å². The van der Waals surface area contributed by atoms with Gasteiger partial charge in [0.1, 0.15) is 13.2 Å². The number of carboxylic acids is 1. The molecule has 0 bridgehead atoms. The van der Waals surface area contributed by atoms with Gasteiger partial charge in [0, 0.05) is 12.8 Å². The van der Waals surface area contributed by atoms with Crippen LogP contribution >= 0.6 is 0 Å². The van der Waals surface area contributed by atoms with Crippen LogP contribution in [0.3, 0.4) is 0 Å². The number of quaternary nitrogens is 1. The van der Waals surface area contributed by atoms with E-state index in [-0.39, 0.29) is 38.2 Å². The maximum atomic E-state index is 13.0. The van der Waals surface area contributed by atoms with Crippen LogP contribution in [0.2, 0.25) is 0 Å². The molecule has 0 saturated carbocycles. The van der Waals surface area contributed by atoms with Gasteiger partial charge >= 0.3 is 17.9 Å². The van der Waals surface area contributed by atoms with Crippen LogP contribution < -0.4 is 0 Å². The molecule has 0 saturated heterocycles. The van der Waals surface area contributed by atoms with Gasteiger partial charge in [-0.3, -0.25) is 9.59 Å². The molecule has 0 aromatic rings. The number of rotatable bonds is 79. The van der Waals surface area contributed by atoms with Crippen LogP contribution in [-0.4, -0.2) is 87.4 Å². The summed E-state index contributed by atoms with van der Waals surface area (Å²) in [6, 6.07) is 0. The van der Waals surface area contributed by atoms with Gasteiger partial charge in [0.15, 0.2) is 6.10 Å². The molecule has 0 aromatic carbocycles. The van der Waals surface area contributed by atoms with Gasteiger partial charge in [0.25, 0.3) is 6.29 Å². The molecule has 2 unspecified atom stereocenters. The summed E-state index contributed by atoms with van der Waals surface area (Å²) >= 11 is 0. The second-order valence-corrected chi connectivity index (χ2v) is 29.8. The second-order valence-electron chi connectivity index (χ2n) is 29.8. The van der Waals surface area contributed by atoms with E-state index in [4.69, 9.17) is 18.9 Å². The smallest absolute Gasteiger partial charge is 0.361 e. The monoisotopic (exact) mass is 1340 g/mol. The third kappa shape index (κ3) is 78.5. The molecule has 95 heavy (non-hydrogen) atoms. The minimum absolute atomic E-state index is 0.176. The van der Waals surface area contributed by atoms with Crippen molar-refractivity contribution in [2.45, 2.75) is 437 Å². The first kappa shape index (κ1) is 92.2. The molecule has 0 aliphatic carbocycles. The van der Waals surface area contributed by atoms with Crippen molar-refractivity contribution in [2.24, 2.45) is 0 Å². The predicted molar refractivity (Wildman–Crippen MR) is 410 cm³/mol. The van der Waals surface area contributed by atoms with Crippen LogP contribution in [0.15, 0.2) is 48.6 Å². The molecule has 2 atom stereocenters. The van der Waals surface area contributed by atoms with Crippen molar-refractivity contribution in [2.75, 3.05) is 47.5 Å². The van der Waals surface area contributed by atoms with Crippen molar-refractivity contribution in [1.29, 1.82) is 0 Å². The van der Waals surface area contributed by atoms with Crippen molar-refractivity contribution in [3.63, 3.8) is 0 Å². The first-order valence-electron chi connectivity index (χ1n) is 41.8. The van der Waals surface area contributed by atoms with E-state index in [9.17, 15) is 19.5 Å². The fourth-order valence-corrected chi connectivity index (χ4v) is 12.7. The van der Waals surface area contributed by atoms with E-state index in [0.29, 0.717) is 17.4 Å². The number of likely N-dealkylation sites (N-methyl/N-ethyl adjacent to an activating group) is 1. The number of allylic oxidation sites excluding steroid dienone is 8. The third-order valence-corrected chi connectivity index (χ3v) is 19.1. The Morgan fingerprint density at radius 2 is 0.568 bits per heavy atom. The van der Waals surface area contributed by atoms with E-state index in [2.05, 4.69) is 62.5 Å². The molecule has 0 radical (unpaired) electrons. The fraction of sp³-hybridized carbons (Fsp3) is 0.872. The number of esters is 2. The fourth-order valence-electron chi connectivity index (χ4n) is 12.7. The first-order valence-corrected chi connectivity index (χ1v) is 41.8. The summed E-state index contributed by atoms with van der Waals surface area (Å²) in [6.45, 7) is 4.94. The molecule has 0 amide bonds. The largest absolute Gasteiger partial charge is 0.477 e. The van der Waals surface area contributed by atoms with Gasteiger partial charge in [-0.25, -0.2) is 4.79 Å². The van der Waals surface area contributed by atoms with Gasteiger partial charge in [0.05, 0.1) is 34.4 Å². The third-order valence-electron chi connectivity index (χ3n) is 19.1. The zero-order valence-electron chi connectivity index (χ0n) is 64.1. The number of ether oxygens (including phenoxy) is 4. The number of carbonyl (C=O) groups is 3. The molecule has 0 aromatic heterocycles. The van der Waals surface area contributed by atoms with Crippen LogP contribution in [0, 0.1) is 0 Å². The standard InChI is InChI=1S/C86H161NO8/c1-6-8-10-12-14-16-18-20-22-24-26-28-30-32-34-36-38-40-41-42-43-45-47-49-51-53-55-57-59-61-63-65-67-69-71-73-75-77-84(89)95-82(81-94-86(85(90)91)92-79-78-87(3,4)5)80-93-83(88)76-74-72-70-68-66-64-62-60-58-56-54-52-50-48-46-44-39-37-35-33-31-29-27-25-23-21-19-17-15-13-11-9-7-2/h18,20,24-27,30,32,82,86H,6-17,19,21-23,28-29,31,33-81H2,1-5H3/p+1/b20-18-,26-24-,27-25-,32-30-. The van der Waals surface area contributed by atoms with Crippen molar-refractivity contribution in [3.05, 3.63) is 48.6 Å². The lowest BCUT2D eigenvalue weighted by Crippen LogP contribution is -2.40. The lowest BCUT2D eigenvalue weighted by atomic mass is 10.0. The molecule has 0 rings (SSSR count). The Bertz CT molecular complexity index is 1700. The van der Waals surface area contributed by atoms with Gasteiger partial charge in [-0.1, -0.05) is 383 Å². The Labute approximate surface area is 591 Å². The summed E-state index contributed by atoms with van der Waals surface area (Å²) in [6.07, 6.45) is 98.6. The highest BCUT2D eigenvalue weighted by molar-refractivity contribution is 5.71. The highest BCUT2D eigenvalue weighted by atomic mass is 16.7. The van der Waals surface area contributed by atoms with Crippen LogP contribution in [0.5, 0.6) is 0 Å². The number of unbranched alkanes of at least 4 members (excludes halogenated alkanes) is 56. The normalized spacial score (nSPS) is 12.8. The predicted octanol–water partition coefficient (Wildman–Crippen LogP) is 26.8. The molecule has 0 spiro atoms. The van der Waals surface area contributed by atoms with Crippen molar-refractivity contribution in [3.8, 4) is 0 Å². The van der Waals surface area contributed by atoms with Gasteiger partial charge in [0.2, 0.25) is 0 Å². The Balaban J connectivity index is 3.95. The Morgan fingerprint density at radius 3 is 0.853 bits per heavy atom. The van der Waals surface area contributed by atoms with E-state index in [1.54, 1.807) is 0 Å². The van der Waals surface area contributed by atoms with Crippen molar-refractivity contribution in [1.82, 2.24) is 0 Å². The van der Waals surface area contributed by atoms with E-state index in [1.807, 2.05) is 21.1 Å². The van der Waals surface area contributed by atoms with Crippen molar-refractivity contribution < 1.29 is 42.9 Å². The molecule has 0 aliphatic rings. The maximum Gasteiger partial charge on any atom is 0.361 e. The van der Waals surface area contributed by atoms with E-state index < -0.39 is 18.4 Å². The number of nitrogens with zero attached hydrogens (tertiary/aromatic N) is 1. The minimum Gasteiger partial charge on any atom is -0.477 e. The summed E-state index contributed by atoms with van der Waals surface area (Å²) in [5.74, 6) is -1.97. The van der Waals surface area contributed by atoms with Gasteiger partial charge in [-0.2, -0.15) is 0 Å². The molecule has 0 heterocycles. The summed E-state index contributed by atoms with van der Waals surface area (Å²) in [7, 11) is 6.00. The second kappa shape index (κ2) is 77.0. The Morgan fingerprint density at radius 1 is 0.316 bits per heavy atom. The average molecular weight is 1340 g/mol. The number of aliphatic carboxylic acids is 1. The molecule has 0 aliphatic heterocycles. The van der Waals surface area contributed by atoms with E-state index in [1.165, 1.54) is 347 Å². The summed E-state index contributed by atoms with van der Waals surface area (Å²) in [5.41, 5.74) is 0. The highest BCUT2D eigenvalue weighted by Gasteiger charge is 2.25. The molecule has 0 fully saturated rings. The van der Waals surface area contributed by atoms with Gasteiger partial charge in [-0.05, 0) is 77.0 Å². The number of hydrogen-bond donors (Lipinski definition) is 1. The Kier molecular flexibility index (Phi) is 74.8. The number of carbonyl (C=O) groups excluding carboxylic acids is 2. The molecule has 1 N–H and O–H groups in total. The van der Waals surface area contributed by atoms with Gasteiger partial charge < -0.3 is 28.5 Å². The number of hydrogen-bond acceptors (Lipinski definition) is 7. The van der Waals surface area contributed by atoms with E-state index >= 15 is 0 Å². The highest BCUT2D eigenvalue weighted by Crippen LogP contribution is 2.20. The maximum absolute atomic E-state index is 13.0. The summed E-state index contributed by atoms with van der Waals surface area (Å²) < 4.78 is 23.1. The zero-order valence-corrected chi connectivity index (χ0v) is 64.1. The van der Waals surface area contributed by atoms with Crippen molar-refractivity contribution >= 4 is 17.9 Å². The lowest BCUT2D eigenvalue weighted by molar-refractivity contribution is -0.870. The topological polar surface area (TPSA) is 108 Å². The zero-order chi connectivity index (χ0) is 69.0. The number of carboxylic acid groups (broad SMARTS) is 1.